The fourth-order valence-electron chi connectivity index (χ4n) is 3.45. The van der Waals surface area contributed by atoms with Crippen molar-refractivity contribution in [2.45, 2.75) is 110 Å². The number of hydrogen-bond acceptors (Lipinski definition) is 2. The molecule has 0 aromatic heterocycles. The summed E-state index contributed by atoms with van der Waals surface area (Å²) in [6.45, 7) is 2.87. The molecule has 27 heavy (non-hydrogen) atoms. The molecule has 0 bridgehead atoms. The standard InChI is InChI=1S/C25H42O2/c1-2-3-4-5-6-7-8-9-10-11-12-13-14-18-23-27-25(26)22-21-24-19-16-15-17-20-24/h15-17,19-20H,2-14,18,21-23H2,1H3. The van der Waals surface area contributed by atoms with Gasteiger partial charge in [-0.2, -0.15) is 0 Å². The highest BCUT2D eigenvalue weighted by molar-refractivity contribution is 5.69. The zero-order valence-electron chi connectivity index (χ0n) is 17.7. The fraction of sp³-hybridized carbons (Fsp3) is 0.720. The normalized spacial score (nSPS) is 10.9. The molecule has 0 fully saturated rings. The molecule has 0 atom stereocenters. The number of unbranched alkanes of at least 4 members (excludes halogenated alkanes) is 13. The summed E-state index contributed by atoms with van der Waals surface area (Å²) in [5.41, 5.74) is 1.20. The van der Waals surface area contributed by atoms with Crippen molar-refractivity contribution >= 4 is 5.97 Å². The van der Waals surface area contributed by atoms with Crippen molar-refractivity contribution in [1.29, 1.82) is 0 Å². The first kappa shape index (κ1) is 23.7. The molecule has 0 amide bonds. The molecule has 154 valence electrons. The first-order chi connectivity index (χ1) is 13.3. The van der Waals surface area contributed by atoms with Crippen LogP contribution >= 0.6 is 0 Å². The first-order valence-corrected chi connectivity index (χ1v) is 11.5. The summed E-state index contributed by atoms with van der Waals surface area (Å²) < 4.78 is 5.33. The molecular weight excluding hydrogens is 332 g/mol. The number of rotatable bonds is 18. The number of carbonyl (C=O) groups excluding carboxylic acids is 1. The molecule has 0 unspecified atom stereocenters. The Kier molecular flexibility index (Phi) is 15.9. The van der Waals surface area contributed by atoms with E-state index in [0.29, 0.717) is 13.0 Å². The van der Waals surface area contributed by atoms with E-state index in [4.69, 9.17) is 4.74 Å². The Hall–Kier alpha value is -1.31. The highest BCUT2D eigenvalue weighted by Gasteiger charge is 2.03. The Balaban J connectivity index is 1.77. The van der Waals surface area contributed by atoms with Crippen LogP contribution in [0.25, 0.3) is 0 Å². The maximum absolute atomic E-state index is 11.7. The maximum Gasteiger partial charge on any atom is 0.306 e. The lowest BCUT2D eigenvalue weighted by Gasteiger charge is -2.05. The van der Waals surface area contributed by atoms with Gasteiger partial charge in [-0.1, -0.05) is 121 Å². The third-order valence-corrected chi connectivity index (χ3v) is 5.22. The second-order valence-corrected chi connectivity index (χ2v) is 7.80. The van der Waals surface area contributed by atoms with Crippen LogP contribution in [-0.2, 0) is 16.0 Å². The van der Waals surface area contributed by atoms with Crippen LogP contribution in [0.2, 0.25) is 0 Å². The van der Waals surface area contributed by atoms with E-state index in [1.807, 2.05) is 18.2 Å². The van der Waals surface area contributed by atoms with Gasteiger partial charge in [0.15, 0.2) is 0 Å². The molecule has 1 aromatic carbocycles. The summed E-state index contributed by atoms with van der Waals surface area (Å²) in [7, 11) is 0. The van der Waals surface area contributed by atoms with Crippen LogP contribution in [0.3, 0.4) is 0 Å². The van der Waals surface area contributed by atoms with Gasteiger partial charge in [0.2, 0.25) is 0 Å². The Morgan fingerprint density at radius 1 is 0.704 bits per heavy atom. The Labute approximate surface area is 168 Å². The van der Waals surface area contributed by atoms with Crippen LogP contribution in [0.5, 0.6) is 0 Å². The number of hydrogen-bond donors (Lipinski definition) is 0. The molecule has 1 rings (SSSR count). The highest BCUT2D eigenvalue weighted by atomic mass is 16.5. The summed E-state index contributed by atoms with van der Waals surface area (Å²) in [4.78, 5) is 11.7. The molecule has 0 saturated heterocycles. The molecule has 0 aliphatic heterocycles. The predicted molar refractivity (Wildman–Crippen MR) is 116 cm³/mol. The third kappa shape index (κ3) is 15.4. The minimum Gasteiger partial charge on any atom is -0.466 e. The van der Waals surface area contributed by atoms with E-state index < -0.39 is 0 Å². The summed E-state index contributed by atoms with van der Waals surface area (Å²) in [6.07, 6.45) is 20.1. The average molecular weight is 375 g/mol. The van der Waals surface area contributed by atoms with Gasteiger partial charge in [0.05, 0.1) is 6.61 Å². The van der Waals surface area contributed by atoms with Crippen LogP contribution in [0, 0.1) is 0 Å². The van der Waals surface area contributed by atoms with Crippen molar-refractivity contribution in [3.63, 3.8) is 0 Å². The van der Waals surface area contributed by atoms with Gasteiger partial charge in [0.1, 0.15) is 0 Å². The summed E-state index contributed by atoms with van der Waals surface area (Å²) in [5, 5.41) is 0. The second-order valence-electron chi connectivity index (χ2n) is 7.80. The van der Waals surface area contributed by atoms with Crippen molar-refractivity contribution < 1.29 is 9.53 Å². The van der Waals surface area contributed by atoms with Crippen molar-refractivity contribution in [1.82, 2.24) is 0 Å². The quantitative estimate of drug-likeness (QED) is 0.195. The van der Waals surface area contributed by atoms with Gasteiger partial charge >= 0.3 is 5.97 Å². The van der Waals surface area contributed by atoms with Gasteiger partial charge in [-0.3, -0.25) is 4.79 Å². The predicted octanol–water partition coefficient (Wildman–Crippen LogP) is 7.64. The van der Waals surface area contributed by atoms with Crippen molar-refractivity contribution in [3.05, 3.63) is 35.9 Å². The lowest BCUT2D eigenvalue weighted by molar-refractivity contribution is -0.143. The molecule has 1 aromatic rings. The Morgan fingerprint density at radius 2 is 1.19 bits per heavy atom. The van der Waals surface area contributed by atoms with Gasteiger partial charge in [-0.05, 0) is 18.4 Å². The monoisotopic (exact) mass is 374 g/mol. The Bertz CT molecular complexity index is 441. The number of carbonyl (C=O) groups is 1. The van der Waals surface area contributed by atoms with Crippen LogP contribution in [0.1, 0.15) is 109 Å². The molecule has 0 heterocycles. The zero-order valence-corrected chi connectivity index (χ0v) is 17.7. The molecule has 2 nitrogen and oxygen atoms in total. The van der Waals surface area contributed by atoms with Crippen molar-refractivity contribution in [2.75, 3.05) is 6.61 Å². The molecular formula is C25H42O2. The van der Waals surface area contributed by atoms with Crippen LogP contribution in [0.15, 0.2) is 30.3 Å². The van der Waals surface area contributed by atoms with Crippen molar-refractivity contribution in [2.24, 2.45) is 0 Å². The molecule has 0 spiro atoms. The van der Waals surface area contributed by atoms with Gasteiger partial charge in [0.25, 0.3) is 0 Å². The fourth-order valence-corrected chi connectivity index (χ4v) is 3.45. The van der Waals surface area contributed by atoms with Crippen LogP contribution in [-0.4, -0.2) is 12.6 Å². The van der Waals surface area contributed by atoms with E-state index in [9.17, 15) is 4.79 Å². The lowest BCUT2D eigenvalue weighted by Crippen LogP contribution is -2.07. The number of benzene rings is 1. The third-order valence-electron chi connectivity index (χ3n) is 5.22. The molecule has 0 aliphatic rings. The summed E-state index contributed by atoms with van der Waals surface area (Å²) >= 11 is 0. The van der Waals surface area contributed by atoms with Gasteiger partial charge in [-0.15, -0.1) is 0 Å². The van der Waals surface area contributed by atoms with E-state index >= 15 is 0 Å². The number of aryl methyl sites for hydroxylation is 1. The van der Waals surface area contributed by atoms with Gasteiger partial charge in [0, 0.05) is 6.42 Å². The average Bonchev–Trinajstić information content (AvgIpc) is 2.70. The zero-order chi connectivity index (χ0) is 19.4. The van der Waals surface area contributed by atoms with E-state index in [2.05, 4.69) is 19.1 Å². The molecule has 0 radical (unpaired) electrons. The highest BCUT2D eigenvalue weighted by Crippen LogP contribution is 2.13. The van der Waals surface area contributed by atoms with Gasteiger partial charge in [-0.25, -0.2) is 0 Å². The smallest absolute Gasteiger partial charge is 0.306 e. The summed E-state index contributed by atoms with van der Waals surface area (Å²) in [5.74, 6) is -0.0615. The number of esters is 1. The minimum atomic E-state index is -0.0615. The minimum absolute atomic E-state index is 0.0615. The topological polar surface area (TPSA) is 26.3 Å². The largest absolute Gasteiger partial charge is 0.466 e. The lowest BCUT2D eigenvalue weighted by atomic mass is 10.0. The van der Waals surface area contributed by atoms with Crippen LogP contribution < -0.4 is 0 Å². The molecule has 0 aliphatic carbocycles. The summed E-state index contributed by atoms with van der Waals surface area (Å²) in [6, 6.07) is 10.1. The van der Waals surface area contributed by atoms with E-state index in [-0.39, 0.29) is 5.97 Å². The molecule has 0 N–H and O–H groups in total. The number of ether oxygens (including phenoxy) is 1. The van der Waals surface area contributed by atoms with E-state index in [0.717, 1.165) is 12.8 Å². The van der Waals surface area contributed by atoms with Crippen LogP contribution in [0.4, 0.5) is 0 Å². The SMILES string of the molecule is CCCCCCCCCCCCCCCCOC(=O)CCc1ccccc1. The molecule has 0 saturated carbocycles. The Morgan fingerprint density at radius 3 is 1.70 bits per heavy atom. The van der Waals surface area contributed by atoms with E-state index in [1.165, 1.54) is 89.0 Å². The van der Waals surface area contributed by atoms with E-state index in [1.54, 1.807) is 0 Å². The maximum atomic E-state index is 11.7. The molecule has 2 heteroatoms. The van der Waals surface area contributed by atoms with Crippen molar-refractivity contribution in [3.8, 4) is 0 Å². The van der Waals surface area contributed by atoms with Gasteiger partial charge < -0.3 is 4.74 Å². The first-order valence-electron chi connectivity index (χ1n) is 11.5. The second kappa shape index (κ2) is 18.1.